The van der Waals surface area contributed by atoms with Crippen LogP contribution in [0, 0.1) is 11.3 Å². The number of carbonyl (C=O) groups excluding carboxylic acids is 1. The molecule has 1 aliphatic carbocycles. The number of esters is 1. The van der Waals surface area contributed by atoms with Crippen LogP contribution in [0.25, 0.3) is 0 Å². The highest BCUT2D eigenvalue weighted by Crippen LogP contribution is 2.47. The fraction of sp³-hybridized carbons (Fsp3) is 0.909. The van der Waals surface area contributed by atoms with Crippen LogP contribution >= 0.6 is 0 Å². The summed E-state index contributed by atoms with van der Waals surface area (Å²) in [6.07, 6.45) is 4.95. The first kappa shape index (κ1) is 9.97. The zero-order valence-corrected chi connectivity index (χ0v) is 8.84. The van der Waals surface area contributed by atoms with E-state index < -0.39 is 0 Å². The van der Waals surface area contributed by atoms with Crippen molar-refractivity contribution >= 4 is 5.97 Å². The Labute approximate surface area is 85.2 Å². The van der Waals surface area contributed by atoms with Crippen molar-refractivity contribution in [1.82, 2.24) is 5.32 Å². The lowest BCUT2D eigenvalue weighted by Gasteiger charge is -2.47. The van der Waals surface area contributed by atoms with Crippen LogP contribution in [0.3, 0.4) is 0 Å². The van der Waals surface area contributed by atoms with Gasteiger partial charge in [0.05, 0.1) is 12.5 Å². The Hall–Kier alpha value is -0.570. The number of rotatable bonds is 2. The maximum atomic E-state index is 11.6. The molecule has 3 nitrogen and oxygen atoms in total. The molecule has 0 aromatic heterocycles. The molecule has 1 saturated heterocycles. The summed E-state index contributed by atoms with van der Waals surface area (Å²) in [6, 6.07) is 0. The van der Waals surface area contributed by atoms with Crippen molar-refractivity contribution in [1.29, 1.82) is 0 Å². The second kappa shape index (κ2) is 3.89. The number of nitrogens with one attached hydrogen (secondary N) is 1. The van der Waals surface area contributed by atoms with Gasteiger partial charge in [0.15, 0.2) is 0 Å². The lowest BCUT2D eigenvalue weighted by atomic mass is 9.62. The van der Waals surface area contributed by atoms with Crippen LogP contribution in [0.1, 0.15) is 32.6 Å². The van der Waals surface area contributed by atoms with Crippen LogP contribution in [0.5, 0.6) is 0 Å². The van der Waals surface area contributed by atoms with Crippen molar-refractivity contribution in [3.05, 3.63) is 0 Å². The average molecular weight is 197 g/mol. The minimum absolute atomic E-state index is 0.00836. The van der Waals surface area contributed by atoms with Gasteiger partial charge >= 0.3 is 5.97 Å². The number of hydrogen-bond acceptors (Lipinski definition) is 3. The van der Waals surface area contributed by atoms with E-state index in [9.17, 15) is 4.79 Å². The van der Waals surface area contributed by atoms with Crippen molar-refractivity contribution in [3.8, 4) is 0 Å². The predicted molar refractivity (Wildman–Crippen MR) is 53.9 cm³/mol. The maximum Gasteiger partial charge on any atom is 0.310 e. The van der Waals surface area contributed by atoms with Gasteiger partial charge in [-0.15, -0.1) is 0 Å². The molecule has 1 heterocycles. The summed E-state index contributed by atoms with van der Waals surface area (Å²) in [5.74, 6) is 0.0926. The molecular formula is C11H19NO2. The molecule has 2 aliphatic rings. The minimum atomic E-state index is -0.00836. The molecule has 14 heavy (non-hydrogen) atoms. The summed E-state index contributed by atoms with van der Waals surface area (Å²) in [5.41, 5.74) is 0.440. The molecule has 0 aromatic carbocycles. The largest absolute Gasteiger partial charge is 0.466 e. The Bertz CT molecular complexity index is 223. The molecule has 3 heteroatoms. The van der Waals surface area contributed by atoms with E-state index in [2.05, 4.69) is 5.32 Å². The molecule has 1 aliphatic heterocycles. The fourth-order valence-electron chi connectivity index (χ4n) is 2.66. The first-order chi connectivity index (χ1) is 6.76. The van der Waals surface area contributed by atoms with Gasteiger partial charge in [0, 0.05) is 13.1 Å². The highest BCUT2D eigenvalue weighted by molar-refractivity contribution is 5.73. The summed E-state index contributed by atoms with van der Waals surface area (Å²) in [4.78, 5) is 11.6. The number of ether oxygens (including phenoxy) is 1. The second-order valence-electron chi connectivity index (χ2n) is 4.64. The third-order valence-electron chi connectivity index (χ3n) is 3.60. The topological polar surface area (TPSA) is 38.3 Å². The van der Waals surface area contributed by atoms with Gasteiger partial charge in [-0.1, -0.05) is 6.42 Å². The number of hydrogen-bond donors (Lipinski definition) is 1. The highest BCUT2D eigenvalue weighted by atomic mass is 16.5. The van der Waals surface area contributed by atoms with Crippen LogP contribution in [0.2, 0.25) is 0 Å². The van der Waals surface area contributed by atoms with Crippen LogP contribution in [-0.2, 0) is 9.53 Å². The van der Waals surface area contributed by atoms with Gasteiger partial charge in [-0.2, -0.15) is 0 Å². The predicted octanol–water partition coefficient (Wildman–Crippen LogP) is 1.33. The Morgan fingerprint density at radius 2 is 2.36 bits per heavy atom. The van der Waals surface area contributed by atoms with E-state index in [1.165, 1.54) is 19.3 Å². The Kier molecular flexibility index (Phi) is 2.77. The van der Waals surface area contributed by atoms with E-state index in [1.54, 1.807) is 0 Å². The minimum Gasteiger partial charge on any atom is -0.466 e. The molecule has 0 amide bonds. The summed E-state index contributed by atoms with van der Waals surface area (Å²) >= 11 is 0. The van der Waals surface area contributed by atoms with Crippen LogP contribution in [0.15, 0.2) is 0 Å². The Morgan fingerprint density at radius 1 is 1.57 bits per heavy atom. The van der Waals surface area contributed by atoms with Gasteiger partial charge in [0.2, 0.25) is 0 Å². The number of piperidine rings is 1. The Morgan fingerprint density at radius 3 is 2.93 bits per heavy atom. The van der Waals surface area contributed by atoms with Crippen molar-refractivity contribution in [3.63, 3.8) is 0 Å². The zero-order chi connectivity index (χ0) is 10.0. The van der Waals surface area contributed by atoms with Crippen molar-refractivity contribution in [2.24, 2.45) is 11.3 Å². The first-order valence-electron chi connectivity index (χ1n) is 5.63. The number of carbonyl (C=O) groups is 1. The van der Waals surface area contributed by atoms with Gasteiger partial charge in [-0.25, -0.2) is 0 Å². The molecule has 1 N–H and O–H groups in total. The first-order valence-corrected chi connectivity index (χ1v) is 5.63. The molecule has 2 fully saturated rings. The Balaban J connectivity index is 1.90. The molecule has 80 valence electrons. The van der Waals surface area contributed by atoms with E-state index >= 15 is 0 Å². The molecule has 1 saturated carbocycles. The molecule has 1 spiro atoms. The summed E-state index contributed by atoms with van der Waals surface area (Å²) < 4.78 is 5.06. The lowest BCUT2D eigenvalue weighted by molar-refractivity contribution is -0.151. The quantitative estimate of drug-likeness (QED) is 0.679. The standard InChI is InChI=1S/C11H19NO2/c1-2-14-10(13)9-6-11(4-3-5-11)8-12-7-9/h9,12H,2-8H2,1H3. The van der Waals surface area contributed by atoms with Gasteiger partial charge < -0.3 is 10.1 Å². The summed E-state index contributed by atoms with van der Waals surface area (Å²) in [7, 11) is 0. The van der Waals surface area contributed by atoms with Gasteiger partial charge in [0.1, 0.15) is 0 Å². The van der Waals surface area contributed by atoms with Gasteiger partial charge in [0.25, 0.3) is 0 Å². The fourth-order valence-corrected chi connectivity index (χ4v) is 2.66. The van der Waals surface area contributed by atoms with Crippen molar-refractivity contribution < 1.29 is 9.53 Å². The van der Waals surface area contributed by atoms with E-state index in [-0.39, 0.29) is 11.9 Å². The maximum absolute atomic E-state index is 11.6. The smallest absolute Gasteiger partial charge is 0.310 e. The lowest BCUT2D eigenvalue weighted by Crippen LogP contribution is -2.50. The normalized spacial score (nSPS) is 29.6. The molecule has 2 rings (SSSR count). The van der Waals surface area contributed by atoms with Gasteiger partial charge in [-0.3, -0.25) is 4.79 Å². The van der Waals surface area contributed by atoms with Gasteiger partial charge in [-0.05, 0) is 31.6 Å². The molecule has 1 unspecified atom stereocenters. The molecule has 0 radical (unpaired) electrons. The second-order valence-corrected chi connectivity index (χ2v) is 4.64. The van der Waals surface area contributed by atoms with E-state index in [4.69, 9.17) is 4.74 Å². The molecule has 0 aromatic rings. The van der Waals surface area contributed by atoms with Crippen LogP contribution in [-0.4, -0.2) is 25.7 Å². The zero-order valence-electron chi connectivity index (χ0n) is 8.84. The van der Waals surface area contributed by atoms with Crippen molar-refractivity contribution in [2.45, 2.75) is 32.6 Å². The monoisotopic (exact) mass is 197 g/mol. The van der Waals surface area contributed by atoms with Crippen molar-refractivity contribution in [2.75, 3.05) is 19.7 Å². The molecular weight excluding hydrogens is 178 g/mol. The summed E-state index contributed by atoms with van der Waals surface area (Å²) in [6.45, 7) is 4.28. The highest BCUT2D eigenvalue weighted by Gasteiger charge is 2.43. The van der Waals surface area contributed by atoms with E-state index in [1.807, 2.05) is 6.92 Å². The third-order valence-corrected chi connectivity index (χ3v) is 3.60. The SMILES string of the molecule is CCOC(=O)C1CNCC2(CCC2)C1. The summed E-state index contributed by atoms with van der Waals surface area (Å²) in [5, 5.41) is 3.37. The third kappa shape index (κ3) is 1.78. The van der Waals surface area contributed by atoms with Crippen LogP contribution in [0.4, 0.5) is 0 Å². The van der Waals surface area contributed by atoms with E-state index in [0.717, 1.165) is 19.5 Å². The van der Waals surface area contributed by atoms with E-state index in [0.29, 0.717) is 12.0 Å². The van der Waals surface area contributed by atoms with Crippen LogP contribution < -0.4 is 5.32 Å². The average Bonchev–Trinajstić information content (AvgIpc) is 2.16. The molecule has 1 atom stereocenters. The molecule has 0 bridgehead atoms.